The lowest BCUT2D eigenvalue weighted by atomic mass is 10.3. The molecule has 0 amide bonds. The van der Waals surface area contributed by atoms with E-state index in [1.54, 1.807) is 0 Å². The number of pyridine rings is 1. The van der Waals surface area contributed by atoms with E-state index in [1.165, 1.54) is 5.56 Å². The number of nitrogens with one attached hydrogen (secondary N) is 1. The molecule has 0 saturated heterocycles. The van der Waals surface area contributed by atoms with E-state index in [0.717, 1.165) is 0 Å². The molecule has 1 heterocycles. The molecule has 0 unspecified atom stereocenters. The monoisotopic (exact) mass is 208 g/mol. The minimum Gasteiger partial charge on any atom is -1.00 e. The van der Waals surface area contributed by atoms with Gasteiger partial charge in [-0.2, -0.15) is 0 Å². The Morgan fingerprint density at radius 1 is 1.22 bits per heavy atom. The van der Waals surface area contributed by atoms with E-state index in [2.05, 4.69) is 11.9 Å². The smallest absolute Gasteiger partial charge is 0.167 e. The minimum atomic E-state index is 0. The zero-order valence-electron chi connectivity index (χ0n) is 5.07. The highest BCUT2D eigenvalue weighted by atomic mass is 79.9. The fourth-order valence-electron chi connectivity index (χ4n) is 0.470. The van der Waals surface area contributed by atoms with Crippen molar-refractivity contribution in [2.24, 2.45) is 0 Å². The van der Waals surface area contributed by atoms with Crippen LogP contribution in [0.3, 0.4) is 0 Å². The summed E-state index contributed by atoms with van der Waals surface area (Å²) >= 11 is 0. The minimum absolute atomic E-state index is 0. The van der Waals surface area contributed by atoms with E-state index < -0.39 is 0 Å². The number of halogens is 2. The van der Waals surface area contributed by atoms with Gasteiger partial charge in [-0.3, -0.25) is 0 Å². The molecule has 0 fully saturated rings. The first-order valence-electron chi connectivity index (χ1n) is 2.32. The van der Waals surface area contributed by atoms with Gasteiger partial charge in [-0.05, 0) is 12.5 Å². The molecule has 0 aliphatic rings. The van der Waals surface area contributed by atoms with Crippen LogP contribution in [-0.4, -0.2) is 0 Å². The van der Waals surface area contributed by atoms with Gasteiger partial charge in [-0.1, -0.05) is 0 Å². The molecule has 0 atom stereocenters. The highest BCUT2D eigenvalue weighted by Crippen LogP contribution is 1.86. The Kier molecular flexibility index (Phi) is 7.85. The van der Waals surface area contributed by atoms with E-state index >= 15 is 0 Å². The Bertz CT molecular complexity index is 143. The van der Waals surface area contributed by atoms with E-state index in [0.29, 0.717) is 0 Å². The van der Waals surface area contributed by atoms with Gasteiger partial charge in [0.25, 0.3) is 0 Å². The average molecular weight is 209 g/mol. The fraction of sp³-hybridized carbons (Fsp3) is 0.167. The lowest BCUT2D eigenvalue weighted by Gasteiger charge is -1.77. The molecule has 1 nitrogen and oxygen atoms in total. The van der Waals surface area contributed by atoms with Crippen molar-refractivity contribution in [1.82, 2.24) is 0 Å². The second kappa shape index (κ2) is 6.05. The highest BCUT2D eigenvalue weighted by molar-refractivity contribution is 5.02. The Balaban J connectivity index is 0. The summed E-state index contributed by atoms with van der Waals surface area (Å²) in [5, 5.41) is 0. The van der Waals surface area contributed by atoms with Gasteiger partial charge in [-0.15, -0.1) is 0 Å². The van der Waals surface area contributed by atoms with Gasteiger partial charge in [0.1, 0.15) is 0 Å². The lowest BCUT2D eigenvalue weighted by Crippen LogP contribution is -3.00. The third-order valence-corrected chi connectivity index (χ3v) is 0.885. The van der Waals surface area contributed by atoms with Gasteiger partial charge in [0.05, 0.1) is 0 Å². The first-order valence-corrected chi connectivity index (χ1v) is 2.32. The molecule has 1 N–H and O–H groups in total. The highest BCUT2D eigenvalue weighted by Gasteiger charge is 1.78. The predicted molar refractivity (Wildman–Crippen MR) is 27.7 cm³/mol. The van der Waals surface area contributed by atoms with Crippen LogP contribution < -0.4 is 34.4 Å². The summed E-state index contributed by atoms with van der Waals surface area (Å²) in [6, 6.07) is 4.06. The maximum atomic E-state index is 2.93. The van der Waals surface area contributed by atoms with Gasteiger partial charge in [-0.25, -0.2) is 4.98 Å². The second-order valence-corrected chi connectivity index (χ2v) is 1.58. The summed E-state index contributed by atoms with van der Waals surface area (Å²) < 4.78 is 0. The number of aryl methyl sites for hydroxylation is 1. The summed E-state index contributed by atoms with van der Waals surface area (Å²) in [4.78, 5) is 2.93. The number of aromatic amines is 1. The Hall–Kier alpha value is -0.0800. The molecule has 1 aromatic heterocycles. The topological polar surface area (TPSA) is 14.1 Å². The van der Waals surface area contributed by atoms with Crippen LogP contribution in [0.4, 0.5) is 0 Å². The molecule has 3 heteroatoms. The van der Waals surface area contributed by atoms with Gasteiger partial charge < -0.3 is 29.4 Å². The Labute approximate surface area is 71.7 Å². The van der Waals surface area contributed by atoms with Crippen LogP contribution in [-0.2, 0) is 0 Å². The summed E-state index contributed by atoms with van der Waals surface area (Å²) in [6.07, 6.45) is 3.82. The first-order chi connectivity index (χ1) is 3.39. The predicted octanol–water partition coefficient (Wildman–Crippen LogP) is -5.18. The summed E-state index contributed by atoms with van der Waals surface area (Å²) in [6.45, 7) is 2.06. The van der Waals surface area contributed by atoms with Gasteiger partial charge in [0, 0.05) is 12.1 Å². The molecule has 9 heavy (non-hydrogen) atoms. The van der Waals surface area contributed by atoms with Gasteiger partial charge in [0.15, 0.2) is 12.4 Å². The number of rotatable bonds is 0. The maximum Gasteiger partial charge on any atom is 0.167 e. The molecular weight excluding hydrogens is 201 g/mol. The maximum absolute atomic E-state index is 2.93. The summed E-state index contributed by atoms with van der Waals surface area (Å²) in [5.41, 5.74) is 1.29. The van der Waals surface area contributed by atoms with Crippen LogP contribution >= 0.6 is 0 Å². The number of H-pyrrole nitrogens is 1. The quantitative estimate of drug-likeness (QED) is 0.406. The van der Waals surface area contributed by atoms with Crippen molar-refractivity contribution in [2.45, 2.75) is 6.92 Å². The van der Waals surface area contributed by atoms with E-state index in [-0.39, 0.29) is 29.4 Å². The SMILES string of the molecule is Cc1cc[nH+]cc1.[Br-].[Cl-]. The van der Waals surface area contributed by atoms with Crippen molar-refractivity contribution >= 4 is 0 Å². The second-order valence-electron chi connectivity index (χ2n) is 1.58. The molecule has 0 aliphatic heterocycles. The van der Waals surface area contributed by atoms with Crippen LogP contribution in [0.15, 0.2) is 24.5 Å². The van der Waals surface area contributed by atoms with Gasteiger partial charge in [0.2, 0.25) is 0 Å². The normalized spacial score (nSPS) is 6.78. The molecule has 0 aromatic carbocycles. The largest absolute Gasteiger partial charge is 1.00 e. The van der Waals surface area contributed by atoms with Crippen LogP contribution in [0, 0.1) is 6.92 Å². The molecule has 1 rings (SSSR count). The van der Waals surface area contributed by atoms with Crippen molar-refractivity contribution in [2.75, 3.05) is 0 Å². The molecule has 0 aliphatic carbocycles. The van der Waals surface area contributed by atoms with Crippen LogP contribution in [0.25, 0.3) is 0 Å². The molecule has 52 valence electrons. The summed E-state index contributed by atoms with van der Waals surface area (Å²) in [5.74, 6) is 0. The zero-order valence-corrected chi connectivity index (χ0v) is 7.41. The van der Waals surface area contributed by atoms with Gasteiger partial charge >= 0.3 is 0 Å². The van der Waals surface area contributed by atoms with Crippen molar-refractivity contribution in [3.05, 3.63) is 30.1 Å². The standard InChI is InChI=1S/C6H7N.BrH.ClH/c1-6-2-4-7-5-3-6;;/h2-5H,1H3;2*1H/p-1. The third kappa shape index (κ3) is 4.43. The Morgan fingerprint density at radius 2 is 1.67 bits per heavy atom. The molecule has 1 aromatic rings. The van der Waals surface area contributed by atoms with Crippen molar-refractivity contribution in [3.63, 3.8) is 0 Å². The average Bonchev–Trinajstić information content (AvgIpc) is 1.69. The van der Waals surface area contributed by atoms with Crippen molar-refractivity contribution in [3.8, 4) is 0 Å². The van der Waals surface area contributed by atoms with Crippen LogP contribution in [0.1, 0.15) is 5.56 Å². The molecular formula is C6H8BrClN-. The number of hydrogen-bond donors (Lipinski definition) is 0. The fourth-order valence-corrected chi connectivity index (χ4v) is 0.470. The van der Waals surface area contributed by atoms with E-state index in [1.807, 2.05) is 24.5 Å². The lowest BCUT2D eigenvalue weighted by molar-refractivity contribution is -0.378. The van der Waals surface area contributed by atoms with E-state index in [9.17, 15) is 0 Å². The van der Waals surface area contributed by atoms with Crippen molar-refractivity contribution < 1.29 is 34.4 Å². The van der Waals surface area contributed by atoms with Crippen molar-refractivity contribution in [1.29, 1.82) is 0 Å². The Morgan fingerprint density at radius 3 is 1.89 bits per heavy atom. The molecule has 0 saturated carbocycles. The number of hydrogen-bond acceptors (Lipinski definition) is 0. The summed E-state index contributed by atoms with van der Waals surface area (Å²) in [7, 11) is 0. The molecule has 0 spiro atoms. The van der Waals surface area contributed by atoms with E-state index in [4.69, 9.17) is 0 Å². The van der Waals surface area contributed by atoms with Crippen LogP contribution in [0.2, 0.25) is 0 Å². The van der Waals surface area contributed by atoms with Crippen LogP contribution in [0.5, 0.6) is 0 Å². The first kappa shape index (κ1) is 11.7. The third-order valence-electron chi connectivity index (χ3n) is 0.885. The molecule has 0 bridgehead atoms. The molecule has 0 radical (unpaired) electrons. The zero-order chi connectivity index (χ0) is 5.11. The number of aromatic nitrogens is 1.